The second-order valence-electron chi connectivity index (χ2n) is 4.46. The van der Waals surface area contributed by atoms with Gasteiger partial charge >= 0.3 is 0 Å². The van der Waals surface area contributed by atoms with Crippen LogP contribution in [0.5, 0.6) is 5.88 Å². The van der Waals surface area contributed by atoms with Crippen molar-refractivity contribution in [1.82, 2.24) is 19.6 Å². The summed E-state index contributed by atoms with van der Waals surface area (Å²) in [6.45, 7) is 2.89. The average molecular weight is 268 g/mol. The van der Waals surface area contributed by atoms with Gasteiger partial charge < -0.3 is 15.0 Å². The number of ether oxygens (including phenoxy) is 1. The molecule has 2 heterocycles. The van der Waals surface area contributed by atoms with Crippen LogP contribution in [0, 0.1) is 0 Å². The van der Waals surface area contributed by atoms with Crippen LogP contribution in [0.15, 0.2) is 11.6 Å². The van der Waals surface area contributed by atoms with E-state index in [0.717, 1.165) is 42.6 Å². The van der Waals surface area contributed by atoms with Crippen molar-refractivity contribution in [2.45, 2.75) is 13.0 Å². The third-order valence-electron chi connectivity index (χ3n) is 2.77. The van der Waals surface area contributed by atoms with Crippen LogP contribution >= 0.6 is 11.3 Å². The summed E-state index contributed by atoms with van der Waals surface area (Å²) in [6.07, 6.45) is 3.17. The van der Waals surface area contributed by atoms with Crippen molar-refractivity contribution in [2.24, 2.45) is 0 Å². The van der Waals surface area contributed by atoms with Gasteiger partial charge in [-0.1, -0.05) is 0 Å². The highest BCUT2D eigenvalue weighted by Crippen LogP contribution is 2.22. The summed E-state index contributed by atoms with van der Waals surface area (Å²) in [5, 5.41) is 5.48. The van der Waals surface area contributed by atoms with Crippen LogP contribution in [0.2, 0.25) is 0 Å². The predicted octanol–water partition coefficient (Wildman–Crippen LogP) is 1.45. The Morgan fingerprint density at radius 2 is 2.33 bits per heavy atom. The maximum atomic E-state index is 5.31. The minimum absolute atomic E-state index is 0.724. The molecule has 6 heteroatoms. The summed E-state index contributed by atoms with van der Waals surface area (Å²) < 4.78 is 7.40. The number of thiazole rings is 1. The number of hydrogen-bond acceptors (Lipinski definition) is 5. The molecular weight excluding hydrogens is 248 g/mol. The van der Waals surface area contributed by atoms with Gasteiger partial charge in [0.25, 0.3) is 0 Å². The zero-order valence-corrected chi connectivity index (χ0v) is 12.0. The molecule has 0 radical (unpaired) electrons. The first-order valence-electron chi connectivity index (χ1n) is 6.06. The van der Waals surface area contributed by atoms with E-state index in [-0.39, 0.29) is 0 Å². The third kappa shape index (κ3) is 3.01. The topological polar surface area (TPSA) is 41.8 Å². The highest BCUT2D eigenvalue weighted by atomic mass is 32.1. The summed E-state index contributed by atoms with van der Waals surface area (Å²) in [7, 11) is 5.85. The lowest BCUT2D eigenvalue weighted by molar-refractivity contribution is 0.385. The smallest absolute Gasteiger partial charge is 0.237 e. The Labute approximate surface area is 111 Å². The molecule has 0 saturated heterocycles. The number of nitrogens with zero attached hydrogens (tertiary/aromatic N) is 3. The van der Waals surface area contributed by atoms with Crippen LogP contribution in [-0.2, 0) is 6.54 Å². The highest BCUT2D eigenvalue weighted by molar-refractivity contribution is 7.15. The fourth-order valence-corrected chi connectivity index (χ4v) is 2.59. The van der Waals surface area contributed by atoms with Gasteiger partial charge in [-0.3, -0.25) is 4.40 Å². The summed E-state index contributed by atoms with van der Waals surface area (Å²) in [6, 6.07) is 0. The van der Waals surface area contributed by atoms with E-state index in [4.69, 9.17) is 4.74 Å². The molecule has 0 spiro atoms. The van der Waals surface area contributed by atoms with Gasteiger partial charge in [0.15, 0.2) is 4.96 Å². The average Bonchev–Trinajstić information content (AvgIpc) is 2.89. The van der Waals surface area contributed by atoms with Gasteiger partial charge in [0.1, 0.15) is 5.69 Å². The second kappa shape index (κ2) is 6.17. The number of methoxy groups -OCH3 is 1. The molecular formula is C12H20N4OS. The molecule has 5 nitrogen and oxygen atoms in total. The molecule has 100 valence electrons. The molecule has 2 aromatic heterocycles. The normalized spacial score (nSPS) is 11.6. The van der Waals surface area contributed by atoms with Crippen LogP contribution in [0.3, 0.4) is 0 Å². The van der Waals surface area contributed by atoms with Gasteiger partial charge in [0.05, 0.1) is 7.11 Å². The molecule has 0 saturated carbocycles. The molecule has 0 aliphatic carbocycles. The Bertz CT molecular complexity index is 491. The number of imidazole rings is 1. The predicted molar refractivity (Wildman–Crippen MR) is 74.5 cm³/mol. The Kier molecular flexibility index (Phi) is 4.57. The SMILES string of the molecule is COc1nc2sccn2c1CNCCCN(C)C. The number of rotatable bonds is 7. The fraction of sp³-hybridized carbons (Fsp3) is 0.583. The minimum Gasteiger partial charge on any atom is -0.480 e. The number of fused-ring (bicyclic) bond motifs is 1. The molecule has 0 fully saturated rings. The molecule has 0 amide bonds. The highest BCUT2D eigenvalue weighted by Gasteiger charge is 2.12. The van der Waals surface area contributed by atoms with E-state index in [2.05, 4.69) is 33.7 Å². The van der Waals surface area contributed by atoms with Crippen molar-refractivity contribution in [3.05, 3.63) is 17.3 Å². The Morgan fingerprint density at radius 3 is 3.06 bits per heavy atom. The quantitative estimate of drug-likeness (QED) is 0.772. The summed E-state index contributed by atoms with van der Waals surface area (Å²) in [5.74, 6) is 0.724. The zero-order chi connectivity index (χ0) is 13.0. The van der Waals surface area contributed by atoms with E-state index in [1.54, 1.807) is 18.4 Å². The molecule has 0 aliphatic rings. The molecule has 1 N–H and O–H groups in total. The van der Waals surface area contributed by atoms with Crippen molar-refractivity contribution in [1.29, 1.82) is 0 Å². The van der Waals surface area contributed by atoms with Crippen molar-refractivity contribution in [3.63, 3.8) is 0 Å². The third-order valence-corrected chi connectivity index (χ3v) is 3.53. The Hall–Kier alpha value is -1.11. The van der Waals surface area contributed by atoms with Gasteiger partial charge in [-0.05, 0) is 33.6 Å². The summed E-state index contributed by atoms with van der Waals surface area (Å²) in [4.78, 5) is 7.61. The molecule has 0 atom stereocenters. The van der Waals surface area contributed by atoms with Gasteiger partial charge in [-0.2, -0.15) is 4.98 Å². The van der Waals surface area contributed by atoms with E-state index >= 15 is 0 Å². The maximum Gasteiger partial charge on any atom is 0.237 e. The van der Waals surface area contributed by atoms with E-state index in [1.807, 2.05) is 11.6 Å². The molecule has 18 heavy (non-hydrogen) atoms. The maximum absolute atomic E-state index is 5.31. The molecule has 2 rings (SSSR count). The second-order valence-corrected chi connectivity index (χ2v) is 5.33. The standard InChI is InChI=1S/C12H20N4OS/c1-15(2)6-4-5-13-9-10-11(17-3)14-12-16(10)7-8-18-12/h7-8,13H,4-6,9H2,1-3H3. The van der Waals surface area contributed by atoms with Gasteiger partial charge in [-0.25, -0.2) is 0 Å². The van der Waals surface area contributed by atoms with E-state index in [9.17, 15) is 0 Å². The monoisotopic (exact) mass is 268 g/mol. The van der Waals surface area contributed by atoms with Gasteiger partial charge in [-0.15, -0.1) is 11.3 Å². The summed E-state index contributed by atoms with van der Waals surface area (Å²) >= 11 is 1.62. The molecule has 2 aromatic rings. The number of hydrogen-bond donors (Lipinski definition) is 1. The molecule has 0 aromatic carbocycles. The van der Waals surface area contributed by atoms with Crippen molar-refractivity contribution >= 4 is 16.3 Å². The van der Waals surface area contributed by atoms with Gasteiger partial charge in [0, 0.05) is 18.1 Å². The van der Waals surface area contributed by atoms with Crippen LogP contribution in [0.4, 0.5) is 0 Å². The van der Waals surface area contributed by atoms with Crippen molar-refractivity contribution in [2.75, 3.05) is 34.3 Å². The first kappa shape index (κ1) is 13.3. The first-order valence-corrected chi connectivity index (χ1v) is 6.94. The molecule has 0 bridgehead atoms. The van der Waals surface area contributed by atoms with Gasteiger partial charge in [0.2, 0.25) is 5.88 Å². The largest absolute Gasteiger partial charge is 0.480 e. The van der Waals surface area contributed by atoms with E-state index in [1.165, 1.54) is 0 Å². The first-order chi connectivity index (χ1) is 8.72. The van der Waals surface area contributed by atoms with Crippen LogP contribution in [0.1, 0.15) is 12.1 Å². The lowest BCUT2D eigenvalue weighted by atomic mass is 10.3. The minimum atomic E-state index is 0.724. The lowest BCUT2D eigenvalue weighted by Crippen LogP contribution is -2.21. The van der Waals surface area contributed by atoms with E-state index < -0.39 is 0 Å². The van der Waals surface area contributed by atoms with Crippen LogP contribution in [0.25, 0.3) is 4.96 Å². The lowest BCUT2D eigenvalue weighted by Gasteiger charge is -2.10. The number of nitrogens with one attached hydrogen (secondary N) is 1. The van der Waals surface area contributed by atoms with Crippen molar-refractivity contribution in [3.8, 4) is 5.88 Å². The molecule has 0 aliphatic heterocycles. The van der Waals surface area contributed by atoms with Crippen LogP contribution < -0.4 is 10.1 Å². The van der Waals surface area contributed by atoms with Crippen molar-refractivity contribution < 1.29 is 4.74 Å². The zero-order valence-electron chi connectivity index (χ0n) is 11.1. The number of aromatic nitrogens is 2. The Balaban J connectivity index is 1.91. The Morgan fingerprint density at radius 1 is 1.50 bits per heavy atom. The summed E-state index contributed by atoms with van der Waals surface area (Å²) in [5.41, 5.74) is 1.10. The molecule has 0 unspecified atom stereocenters. The fourth-order valence-electron chi connectivity index (χ4n) is 1.86. The van der Waals surface area contributed by atoms with Crippen LogP contribution in [-0.4, -0.2) is 48.6 Å². The van der Waals surface area contributed by atoms with E-state index in [0.29, 0.717) is 0 Å².